The molecule has 3 amide bonds. The molecule has 0 aliphatic heterocycles. The van der Waals surface area contributed by atoms with Crippen LogP contribution in [0.5, 0.6) is 0 Å². The van der Waals surface area contributed by atoms with Crippen molar-refractivity contribution in [1.29, 1.82) is 0 Å². The van der Waals surface area contributed by atoms with Crippen molar-refractivity contribution in [3.8, 4) is 0 Å². The Bertz CT molecular complexity index is 475. The van der Waals surface area contributed by atoms with Gasteiger partial charge < -0.3 is 20.7 Å². The standard InChI is InChI=1S/C14H21N3O3/c1-10-5-6-12(9-13(10)16-11(2)18)17-14(19)15-7-4-8-20-3/h5-6,9H,4,7-8H2,1-3H3,(H,16,18)(H2,15,17,19). The molecule has 0 fully saturated rings. The summed E-state index contributed by atoms with van der Waals surface area (Å²) >= 11 is 0. The SMILES string of the molecule is COCCCNC(=O)Nc1ccc(C)c(NC(C)=O)c1. The number of aryl methyl sites for hydroxylation is 1. The predicted octanol–water partition coefficient (Wildman–Crippen LogP) is 2.11. The van der Waals surface area contributed by atoms with Gasteiger partial charge in [0.15, 0.2) is 0 Å². The van der Waals surface area contributed by atoms with Crippen molar-refractivity contribution in [2.75, 3.05) is 30.9 Å². The van der Waals surface area contributed by atoms with Crippen molar-refractivity contribution in [2.45, 2.75) is 20.3 Å². The number of nitrogens with one attached hydrogen (secondary N) is 3. The van der Waals surface area contributed by atoms with Crippen LogP contribution in [0, 0.1) is 6.92 Å². The van der Waals surface area contributed by atoms with Crippen LogP contribution in [-0.4, -0.2) is 32.2 Å². The zero-order chi connectivity index (χ0) is 15.0. The summed E-state index contributed by atoms with van der Waals surface area (Å²) in [5.41, 5.74) is 2.25. The van der Waals surface area contributed by atoms with Crippen molar-refractivity contribution < 1.29 is 14.3 Å². The van der Waals surface area contributed by atoms with Gasteiger partial charge in [-0.15, -0.1) is 0 Å². The highest BCUT2D eigenvalue weighted by Crippen LogP contribution is 2.20. The molecule has 1 rings (SSSR count). The van der Waals surface area contributed by atoms with Crippen LogP contribution in [0.1, 0.15) is 18.9 Å². The summed E-state index contributed by atoms with van der Waals surface area (Å²) in [4.78, 5) is 22.7. The van der Waals surface area contributed by atoms with Crippen LogP contribution in [0.2, 0.25) is 0 Å². The van der Waals surface area contributed by atoms with E-state index in [9.17, 15) is 9.59 Å². The zero-order valence-electron chi connectivity index (χ0n) is 12.1. The first-order valence-electron chi connectivity index (χ1n) is 6.45. The summed E-state index contributed by atoms with van der Waals surface area (Å²) in [7, 11) is 1.62. The number of carbonyl (C=O) groups excluding carboxylic acids is 2. The van der Waals surface area contributed by atoms with Gasteiger partial charge in [-0.2, -0.15) is 0 Å². The maximum atomic E-state index is 11.6. The molecule has 0 unspecified atom stereocenters. The number of hydrogen-bond donors (Lipinski definition) is 3. The van der Waals surface area contributed by atoms with Crippen molar-refractivity contribution in [2.24, 2.45) is 0 Å². The number of ether oxygens (including phenoxy) is 1. The lowest BCUT2D eigenvalue weighted by Gasteiger charge is -2.11. The third-order valence-corrected chi connectivity index (χ3v) is 2.62. The summed E-state index contributed by atoms with van der Waals surface area (Å²) in [6, 6.07) is 5.07. The monoisotopic (exact) mass is 279 g/mol. The molecule has 110 valence electrons. The quantitative estimate of drug-likeness (QED) is 0.698. The third kappa shape index (κ3) is 5.71. The van der Waals surface area contributed by atoms with Crippen LogP contribution in [0.25, 0.3) is 0 Å². The van der Waals surface area contributed by atoms with Crippen LogP contribution in [0.3, 0.4) is 0 Å². The molecule has 0 atom stereocenters. The number of anilines is 2. The van der Waals surface area contributed by atoms with E-state index in [4.69, 9.17) is 4.74 Å². The average Bonchev–Trinajstić information content (AvgIpc) is 2.38. The number of carbonyl (C=O) groups is 2. The highest BCUT2D eigenvalue weighted by atomic mass is 16.5. The molecule has 0 heterocycles. The van der Waals surface area contributed by atoms with E-state index in [1.54, 1.807) is 19.2 Å². The molecule has 6 heteroatoms. The number of hydrogen-bond acceptors (Lipinski definition) is 3. The van der Waals surface area contributed by atoms with E-state index in [1.807, 2.05) is 13.0 Å². The van der Waals surface area contributed by atoms with Crippen LogP contribution in [-0.2, 0) is 9.53 Å². The molecule has 0 radical (unpaired) electrons. The predicted molar refractivity (Wildman–Crippen MR) is 79.0 cm³/mol. The van der Waals surface area contributed by atoms with Gasteiger partial charge in [-0.1, -0.05) is 6.07 Å². The molecule has 0 saturated carbocycles. The average molecular weight is 279 g/mol. The van der Waals surface area contributed by atoms with Gasteiger partial charge in [0.25, 0.3) is 0 Å². The summed E-state index contributed by atoms with van der Waals surface area (Å²) in [6.45, 7) is 4.49. The van der Waals surface area contributed by atoms with E-state index in [0.29, 0.717) is 24.5 Å². The van der Waals surface area contributed by atoms with Crippen LogP contribution >= 0.6 is 0 Å². The van der Waals surface area contributed by atoms with Gasteiger partial charge in [0.2, 0.25) is 5.91 Å². The second-order valence-corrected chi connectivity index (χ2v) is 4.44. The van der Waals surface area contributed by atoms with E-state index < -0.39 is 0 Å². The lowest BCUT2D eigenvalue weighted by molar-refractivity contribution is -0.114. The van der Waals surface area contributed by atoms with Gasteiger partial charge in [0, 0.05) is 38.6 Å². The second-order valence-electron chi connectivity index (χ2n) is 4.44. The molecule has 0 spiro atoms. The number of methoxy groups -OCH3 is 1. The van der Waals surface area contributed by atoms with E-state index in [-0.39, 0.29) is 11.9 Å². The molecule has 0 aliphatic rings. The minimum atomic E-state index is -0.279. The molecule has 0 saturated heterocycles. The van der Waals surface area contributed by atoms with Crippen LogP contribution < -0.4 is 16.0 Å². The van der Waals surface area contributed by atoms with Crippen molar-refractivity contribution >= 4 is 23.3 Å². The lowest BCUT2D eigenvalue weighted by atomic mass is 10.2. The normalized spacial score (nSPS) is 9.95. The molecule has 20 heavy (non-hydrogen) atoms. The fourth-order valence-corrected chi connectivity index (χ4v) is 1.62. The summed E-state index contributed by atoms with van der Waals surface area (Å²) in [6.07, 6.45) is 0.759. The summed E-state index contributed by atoms with van der Waals surface area (Å²) in [5.74, 6) is -0.144. The highest BCUT2D eigenvalue weighted by molar-refractivity contribution is 5.93. The molecule has 3 N–H and O–H groups in total. The van der Waals surface area contributed by atoms with Crippen molar-refractivity contribution in [3.63, 3.8) is 0 Å². The van der Waals surface area contributed by atoms with Gasteiger partial charge in [0.1, 0.15) is 0 Å². The van der Waals surface area contributed by atoms with Gasteiger partial charge in [-0.25, -0.2) is 4.79 Å². The molecule has 0 bridgehead atoms. The first-order valence-corrected chi connectivity index (χ1v) is 6.45. The molecular formula is C14H21N3O3. The maximum Gasteiger partial charge on any atom is 0.319 e. The van der Waals surface area contributed by atoms with E-state index >= 15 is 0 Å². The second kappa shape index (κ2) is 8.16. The van der Waals surface area contributed by atoms with Gasteiger partial charge in [-0.05, 0) is 31.0 Å². The Balaban J connectivity index is 2.54. The molecule has 0 aromatic heterocycles. The highest BCUT2D eigenvalue weighted by Gasteiger charge is 2.05. The fraction of sp³-hybridized carbons (Fsp3) is 0.429. The van der Waals surface area contributed by atoms with Gasteiger partial charge >= 0.3 is 6.03 Å². The lowest BCUT2D eigenvalue weighted by Crippen LogP contribution is -2.30. The fourth-order valence-electron chi connectivity index (χ4n) is 1.62. The maximum absolute atomic E-state index is 11.6. The zero-order valence-corrected chi connectivity index (χ0v) is 12.1. The number of amides is 3. The first kappa shape index (κ1) is 16.0. The molecular weight excluding hydrogens is 258 g/mol. The Morgan fingerprint density at radius 2 is 2.00 bits per heavy atom. The minimum absolute atomic E-state index is 0.144. The summed E-state index contributed by atoms with van der Waals surface area (Å²) < 4.78 is 4.90. The van der Waals surface area contributed by atoms with Crippen LogP contribution in [0.4, 0.5) is 16.2 Å². The smallest absolute Gasteiger partial charge is 0.319 e. The van der Waals surface area contributed by atoms with Crippen LogP contribution in [0.15, 0.2) is 18.2 Å². The number of urea groups is 1. The van der Waals surface area contributed by atoms with Gasteiger partial charge in [0.05, 0.1) is 0 Å². The Labute approximate surface area is 118 Å². The molecule has 1 aromatic rings. The van der Waals surface area contributed by atoms with E-state index in [1.165, 1.54) is 6.92 Å². The first-order chi connectivity index (χ1) is 9.52. The van der Waals surface area contributed by atoms with E-state index in [2.05, 4.69) is 16.0 Å². The van der Waals surface area contributed by atoms with Gasteiger partial charge in [-0.3, -0.25) is 4.79 Å². The minimum Gasteiger partial charge on any atom is -0.385 e. The molecule has 1 aromatic carbocycles. The van der Waals surface area contributed by atoms with Crippen molar-refractivity contribution in [3.05, 3.63) is 23.8 Å². The Kier molecular flexibility index (Phi) is 6.52. The number of rotatable bonds is 6. The Morgan fingerprint density at radius 3 is 2.65 bits per heavy atom. The topological polar surface area (TPSA) is 79.5 Å². The third-order valence-electron chi connectivity index (χ3n) is 2.62. The van der Waals surface area contributed by atoms with Crippen molar-refractivity contribution in [1.82, 2.24) is 5.32 Å². The number of benzene rings is 1. The Morgan fingerprint density at radius 1 is 1.25 bits per heavy atom. The molecule has 0 aliphatic carbocycles. The van der Waals surface area contributed by atoms with E-state index in [0.717, 1.165) is 12.0 Å². The Hall–Kier alpha value is -2.08. The molecule has 6 nitrogen and oxygen atoms in total. The summed E-state index contributed by atoms with van der Waals surface area (Å²) in [5, 5.41) is 8.16. The largest absolute Gasteiger partial charge is 0.385 e.